The van der Waals surface area contributed by atoms with E-state index < -0.39 is 35.0 Å². The molecule has 0 radical (unpaired) electrons. The van der Waals surface area contributed by atoms with Gasteiger partial charge in [0.1, 0.15) is 0 Å². The number of nitrogens with one attached hydrogen (secondary N) is 1. The summed E-state index contributed by atoms with van der Waals surface area (Å²) in [5.41, 5.74) is -4.36. The summed E-state index contributed by atoms with van der Waals surface area (Å²) in [6, 6.07) is 12.2. The molecule has 2 rings (SSSR count). The number of sulfonamides is 1. The monoisotopic (exact) mass is 433 g/mol. The van der Waals surface area contributed by atoms with Gasteiger partial charge in [-0.2, -0.15) is 8.78 Å². The van der Waals surface area contributed by atoms with Crippen molar-refractivity contribution in [1.29, 1.82) is 0 Å². The molecule has 0 aromatic heterocycles. The van der Waals surface area contributed by atoms with Gasteiger partial charge < -0.3 is 9.42 Å². The maximum atomic E-state index is 14.4. The Bertz CT molecular complexity index is 936. The van der Waals surface area contributed by atoms with Crippen LogP contribution in [0.15, 0.2) is 59.5 Å². The first kappa shape index (κ1) is 22.6. The minimum Gasteiger partial charge on any atom is -0.320 e. The second-order valence-electron chi connectivity index (χ2n) is 6.22. The Kier molecular flexibility index (Phi) is 7.12. The molecule has 0 saturated heterocycles. The van der Waals surface area contributed by atoms with Crippen molar-refractivity contribution >= 4 is 17.6 Å². The van der Waals surface area contributed by atoms with Crippen LogP contribution >= 0.6 is 7.60 Å². The van der Waals surface area contributed by atoms with Crippen LogP contribution in [0.4, 0.5) is 8.78 Å². The van der Waals surface area contributed by atoms with Crippen LogP contribution in [0.25, 0.3) is 0 Å². The van der Waals surface area contributed by atoms with Crippen LogP contribution < -0.4 is 4.72 Å². The van der Waals surface area contributed by atoms with E-state index in [9.17, 15) is 26.7 Å². The summed E-state index contributed by atoms with van der Waals surface area (Å²) in [5, 5.41) is 0. The minimum absolute atomic E-state index is 0.0848. The van der Waals surface area contributed by atoms with Crippen LogP contribution in [0.1, 0.15) is 31.4 Å². The third kappa shape index (κ3) is 5.24. The van der Waals surface area contributed by atoms with E-state index in [2.05, 4.69) is 9.25 Å². The van der Waals surface area contributed by atoms with Crippen LogP contribution in [0.5, 0.6) is 0 Å². The predicted molar refractivity (Wildman–Crippen MR) is 101 cm³/mol. The second-order valence-corrected chi connectivity index (χ2v) is 9.80. The van der Waals surface area contributed by atoms with Gasteiger partial charge in [0.2, 0.25) is 10.0 Å². The number of benzene rings is 2. The Labute approximate surface area is 163 Å². The van der Waals surface area contributed by atoms with Crippen molar-refractivity contribution in [2.75, 3.05) is 0 Å². The van der Waals surface area contributed by atoms with E-state index in [4.69, 9.17) is 0 Å². The normalized spacial score (nSPS) is 15.8. The third-order valence-electron chi connectivity index (χ3n) is 4.07. The van der Waals surface area contributed by atoms with Crippen LogP contribution in [0.2, 0.25) is 0 Å². The van der Waals surface area contributed by atoms with Gasteiger partial charge in [-0.15, -0.1) is 0 Å². The van der Waals surface area contributed by atoms with Gasteiger partial charge >= 0.3 is 13.3 Å². The average molecular weight is 433 g/mol. The maximum absolute atomic E-state index is 14.4. The number of hydrogen-bond donors (Lipinski definition) is 2. The summed E-state index contributed by atoms with van der Waals surface area (Å²) in [7, 11) is -8.97. The zero-order valence-corrected chi connectivity index (χ0v) is 17.1. The molecule has 0 amide bonds. The van der Waals surface area contributed by atoms with E-state index in [1.54, 1.807) is 25.1 Å². The van der Waals surface area contributed by atoms with Gasteiger partial charge in [-0.1, -0.05) is 49.4 Å². The van der Waals surface area contributed by atoms with Crippen molar-refractivity contribution in [3.63, 3.8) is 0 Å². The fourth-order valence-corrected chi connectivity index (χ4v) is 4.52. The van der Waals surface area contributed by atoms with Crippen molar-refractivity contribution in [2.45, 2.75) is 43.5 Å². The SMILES string of the molecule is CCC(C)OP(=O)(O)C(F)(F)c1ccc(CNS(=O)(=O)c2ccccc2)cc1. The number of halogens is 2. The summed E-state index contributed by atoms with van der Waals surface area (Å²) in [4.78, 5) is 9.78. The molecule has 10 heteroatoms. The zero-order chi connectivity index (χ0) is 21.0. The highest BCUT2D eigenvalue weighted by Crippen LogP contribution is 2.63. The number of hydrogen-bond acceptors (Lipinski definition) is 4. The lowest BCUT2D eigenvalue weighted by Gasteiger charge is -2.25. The van der Waals surface area contributed by atoms with Gasteiger partial charge in [-0.3, -0.25) is 4.57 Å². The minimum atomic E-state index is -5.23. The van der Waals surface area contributed by atoms with Gasteiger partial charge in [0, 0.05) is 12.1 Å². The van der Waals surface area contributed by atoms with Gasteiger partial charge in [0.15, 0.2) is 0 Å². The van der Waals surface area contributed by atoms with E-state index in [0.717, 1.165) is 12.1 Å². The molecule has 2 aromatic carbocycles. The third-order valence-corrected chi connectivity index (χ3v) is 7.10. The van der Waals surface area contributed by atoms with Gasteiger partial charge in [0.25, 0.3) is 0 Å². The van der Waals surface area contributed by atoms with Gasteiger partial charge in [-0.25, -0.2) is 13.1 Å². The van der Waals surface area contributed by atoms with Crippen molar-refractivity contribution < 1.29 is 31.2 Å². The van der Waals surface area contributed by atoms with Crippen molar-refractivity contribution in [3.8, 4) is 0 Å². The lowest BCUT2D eigenvalue weighted by molar-refractivity contribution is 0.0347. The Morgan fingerprint density at radius 1 is 1.14 bits per heavy atom. The summed E-state index contributed by atoms with van der Waals surface area (Å²) >= 11 is 0. The maximum Gasteiger partial charge on any atom is 0.402 e. The number of rotatable bonds is 9. The molecule has 2 atom stereocenters. The molecule has 2 aromatic rings. The lowest BCUT2D eigenvalue weighted by Crippen LogP contribution is -2.23. The van der Waals surface area contributed by atoms with E-state index in [0.29, 0.717) is 12.0 Å². The Hall–Kier alpha value is -1.64. The van der Waals surface area contributed by atoms with Crippen LogP contribution in [0.3, 0.4) is 0 Å². The van der Waals surface area contributed by atoms with E-state index in [-0.39, 0.29) is 11.4 Å². The van der Waals surface area contributed by atoms with E-state index in [1.165, 1.54) is 31.2 Å². The molecule has 154 valence electrons. The molecule has 2 unspecified atom stereocenters. The summed E-state index contributed by atoms with van der Waals surface area (Å²) in [6.45, 7) is 2.96. The Morgan fingerprint density at radius 2 is 1.71 bits per heavy atom. The molecule has 0 aliphatic rings. The van der Waals surface area contributed by atoms with E-state index >= 15 is 0 Å². The van der Waals surface area contributed by atoms with E-state index in [1.807, 2.05) is 0 Å². The Balaban J connectivity index is 2.12. The molecule has 0 heterocycles. The molecule has 0 spiro atoms. The molecule has 28 heavy (non-hydrogen) atoms. The first-order valence-electron chi connectivity index (χ1n) is 8.53. The van der Waals surface area contributed by atoms with Gasteiger partial charge in [0.05, 0.1) is 11.0 Å². The zero-order valence-electron chi connectivity index (χ0n) is 15.4. The molecule has 0 fully saturated rings. The van der Waals surface area contributed by atoms with Crippen molar-refractivity contribution in [3.05, 3.63) is 65.7 Å². The highest BCUT2D eigenvalue weighted by molar-refractivity contribution is 7.89. The fraction of sp³-hybridized carbons (Fsp3) is 0.333. The predicted octanol–water partition coefficient (Wildman–Crippen LogP) is 4.21. The topological polar surface area (TPSA) is 92.7 Å². The quantitative estimate of drug-likeness (QED) is 0.578. The molecular weight excluding hydrogens is 411 g/mol. The van der Waals surface area contributed by atoms with Crippen LogP contribution in [0, 0.1) is 0 Å². The molecule has 6 nitrogen and oxygen atoms in total. The van der Waals surface area contributed by atoms with Crippen molar-refractivity contribution in [2.24, 2.45) is 0 Å². The summed E-state index contributed by atoms with van der Waals surface area (Å²) < 4.78 is 72.2. The lowest BCUT2D eigenvalue weighted by atomic mass is 10.1. The first-order valence-corrected chi connectivity index (χ1v) is 11.6. The summed E-state index contributed by atoms with van der Waals surface area (Å²) in [6.07, 6.45) is -0.491. The van der Waals surface area contributed by atoms with Crippen molar-refractivity contribution in [1.82, 2.24) is 4.72 Å². The molecule has 0 aliphatic heterocycles. The highest BCUT2D eigenvalue weighted by Gasteiger charge is 2.53. The first-order chi connectivity index (χ1) is 13.0. The fourth-order valence-electron chi connectivity index (χ4n) is 2.23. The smallest absolute Gasteiger partial charge is 0.320 e. The molecule has 0 saturated carbocycles. The summed E-state index contributed by atoms with van der Waals surface area (Å²) in [5.74, 6) is 0. The molecule has 2 N–H and O–H groups in total. The van der Waals surface area contributed by atoms with Crippen LogP contribution in [-0.4, -0.2) is 19.4 Å². The number of alkyl halides is 2. The largest absolute Gasteiger partial charge is 0.402 e. The molecule has 0 aliphatic carbocycles. The molecule has 0 bridgehead atoms. The molecular formula is C18H22F2NO5PS. The highest BCUT2D eigenvalue weighted by atomic mass is 32.2. The Morgan fingerprint density at radius 3 is 2.25 bits per heavy atom. The van der Waals surface area contributed by atoms with Crippen LogP contribution in [-0.2, 0) is 31.3 Å². The second kappa shape index (κ2) is 8.80. The standard InChI is InChI=1S/C18H22F2NO5PS/c1-3-14(2)26-27(22,23)18(19,20)16-11-9-15(10-12-16)13-21-28(24,25)17-7-5-4-6-8-17/h4-12,14,21H,3,13H2,1-2H3,(H,22,23). The average Bonchev–Trinajstić information content (AvgIpc) is 2.67. The van der Waals surface area contributed by atoms with Gasteiger partial charge in [-0.05, 0) is 31.0 Å².